The van der Waals surface area contributed by atoms with Crippen LogP contribution in [0.25, 0.3) is 0 Å². The van der Waals surface area contributed by atoms with Crippen molar-refractivity contribution < 1.29 is 5.11 Å². The van der Waals surface area contributed by atoms with Gasteiger partial charge in [-0.1, -0.05) is 33.8 Å². The van der Waals surface area contributed by atoms with E-state index in [4.69, 9.17) is 0 Å². The number of aryl methyl sites for hydroxylation is 1. The highest BCUT2D eigenvalue weighted by molar-refractivity contribution is 5.42. The third kappa shape index (κ3) is 3.47. The third-order valence-electron chi connectivity index (χ3n) is 3.40. The van der Waals surface area contributed by atoms with Crippen LogP contribution in [0.4, 0.5) is 0 Å². The molecule has 0 fully saturated rings. The lowest BCUT2D eigenvalue weighted by molar-refractivity contribution is 0.295. The maximum Gasteiger partial charge on any atom is 0.119 e. The Bertz CT molecular complexity index is 367. The lowest BCUT2D eigenvalue weighted by atomic mass is 9.96. The molecule has 0 radical (unpaired) electrons. The highest BCUT2D eigenvalue weighted by Crippen LogP contribution is 2.29. The first-order valence-electron chi connectivity index (χ1n) is 6.54. The Morgan fingerprint density at radius 1 is 1.18 bits per heavy atom. The summed E-state index contributed by atoms with van der Waals surface area (Å²) in [6.07, 6.45) is 0. The number of benzene rings is 1. The van der Waals surface area contributed by atoms with Gasteiger partial charge in [-0.25, -0.2) is 0 Å². The van der Waals surface area contributed by atoms with Gasteiger partial charge in [0.05, 0.1) is 0 Å². The molecule has 0 amide bonds. The number of hydrogen-bond acceptors (Lipinski definition) is 2. The van der Waals surface area contributed by atoms with Gasteiger partial charge in [0.25, 0.3) is 0 Å². The van der Waals surface area contributed by atoms with Crippen LogP contribution in [-0.2, 0) is 6.54 Å². The van der Waals surface area contributed by atoms with Gasteiger partial charge in [-0.2, -0.15) is 0 Å². The molecule has 0 aromatic heterocycles. The number of nitrogens with zero attached hydrogens (tertiary/aromatic N) is 1. The van der Waals surface area contributed by atoms with Crippen LogP contribution >= 0.6 is 0 Å². The molecule has 0 spiro atoms. The highest BCUT2D eigenvalue weighted by Gasteiger charge is 2.11. The lowest BCUT2D eigenvalue weighted by Gasteiger charge is -2.21. The Morgan fingerprint density at radius 2 is 1.76 bits per heavy atom. The molecule has 2 heteroatoms. The van der Waals surface area contributed by atoms with E-state index in [9.17, 15) is 5.11 Å². The summed E-state index contributed by atoms with van der Waals surface area (Å²) >= 11 is 0. The molecule has 0 bridgehead atoms. The van der Waals surface area contributed by atoms with E-state index in [1.54, 1.807) is 0 Å². The van der Waals surface area contributed by atoms with Gasteiger partial charge in [-0.3, -0.25) is 4.90 Å². The maximum absolute atomic E-state index is 9.92. The van der Waals surface area contributed by atoms with E-state index >= 15 is 0 Å². The smallest absolute Gasteiger partial charge is 0.119 e. The zero-order valence-corrected chi connectivity index (χ0v) is 11.7. The summed E-state index contributed by atoms with van der Waals surface area (Å²) in [6.45, 7) is 13.8. The largest absolute Gasteiger partial charge is 0.508 e. The van der Waals surface area contributed by atoms with Crippen LogP contribution in [0, 0.1) is 6.92 Å². The summed E-state index contributed by atoms with van der Waals surface area (Å²) in [5.41, 5.74) is 3.56. The molecule has 17 heavy (non-hydrogen) atoms. The number of rotatable bonds is 5. The zero-order valence-electron chi connectivity index (χ0n) is 11.7. The van der Waals surface area contributed by atoms with Crippen molar-refractivity contribution in [2.75, 3.05) is 13.1 Å². The van der Waals surface area contributed by atoms with Crippen molar-refractivity contribution in [2.24, 2.45) is 0 Å². The molecule has 2 nitrogen and oxygen atoms in total. The Labute approximate surface area is 105 Å². The second-order valence-corrected chi connectivity index (χ2v) is 4.95. The van der Waals surface area contributed by atoms with Crippen LogP contribution < -0.4 is 0 Å². The molecule has 0 unspecified atom stereocenters. The van der Waals surface area contributed by atoms with Gasteiger partial charge in [-0.05, 0) is 48.7 Å². The van der Waals surface area contributed by atoms with Gasteiger partial charge in [0.2, 0.25) is 0 Å². The molecule has 96 valence electrons. The maximum atomic E-state index is 9.92. The van der Waals surface area contributed by atoms with Crippen LogP contribution in [0.5, 0.6) is 5.75 Å². The first-order chi connectivity index (χ1) is 7.99. The van der Waals surface area contributed by atoms with Crippen molar-refractivity contribution >= 4 is 0 Å². The minimum Gasteiger partial charge on any atom is -0.508 e. The van der Waals surface area contributed by atoms with E-state index in [1.165, 1.54) is 11.1 Å². The monoisotopic (exact) mass is 235 g/mol. The fourth-order valence-corrected chi connectivity index (χ4v) is 2.08. The van der Waals surface area contributed by atoms with E-state index in [2.05, 4.69) is 45.6 Å². The van der Waals surface area contributed by atoms with Crippen molar-refractivity contribution in [3.05, 3.63) is 28.8 Å². The number of hydrogen-bond donors (Lipinski definition) is 1. The fourth-order valence-electron chi connectivity index (χ4n) is 2.08. The van der Waals surface area contributed by atoms with Gasteiger partial charge in [-0.15, -0.1) is 0 Å². The SMILES string of the molecule is CCN(CC)Cc1cc(C(C)C)c(O)cc1C. The zero-order chi connectivity index (χ0) is 13.0. The van der Waals surface area contributed by atoms with Crippen molar-refractivity contribution in [3.8, 4) is 5.75 Å². The summed E-state index contributed by atoms with van der Waals surface area (Å²) in [5.74, 6) is 0.798. The molecule has 1 aromatic rings. The van der Waals surface area contributed by atoms with E-state index < -0.39 is 0 Å². The quantitative estimate of drug-likeness (QED) is 0.841. The van der Waals surface area contributed by atoms with Crippen LogP contribution in [0.1, 0.15) is 50.3 Å². The van der Waals surface area contributed by atoms with Crippen molar-refractivity contribution in [2.45, 2.75) is 47.1 Å². The summed E-state index contributed by atoms with van der Waals surface area (Å²) in [7, 11) is 0. The normalized spacial score (nSPS) is 11.5. The van der Waals surface area contributed by atoms with Gasteiger partial charge in [0, 0.05) is 6.54 Å². The van der Waals surface area contributed by atoms with Crippen molar-refractivity contribution in [1.29, 1.82) is 0 Å². The van der Waals surface area contributed by atoms with Crippen LogP contribution in [0.2, 0.25) is 0 Å². The predicted molar refractivity (Wildman–Crippen MR) is 73.6 cm³/mol. The molecule has 1 N–H and O–H groups in total. The van der Waals surface area contributed by atoms with Crippen molar-refractivity contribution in [3.63, 3.8) is 0 Å². The number of phenols is 1. The van der Waals surface area contributed by atoms with E-state index in [1.807, 2.05) is 6.07 Å². The van der Waals surface area contributed by atoms with Crippen LogP contribution in [-0.4, -0.2) is 23.1 Å². The Morgan fingerprint density at radius 3 is 2.24 bits per heavy atom. The van der Waals surface area contributed by atoms with E-state index in [-0.39, 0.29) is 0 Å². The third-order valence-corrected chi connectivity index (χ3v) is 3.40. The first kappa shape index (κ1) is 14.0. The average molecular weight is 235 g/mol. The summed E-state index contributed by atoms with van der Waals surface area (Å²) in [6, 6.07) is 4.06. The fraction of sp³-hybridized carbons (Fsp3) is 0.600. The molecular formula is C15H25NO. The lowest BCUT2D eigenvalue weighted by Crippen LogP contribution is -2.22. The second-order valence-electron chi connectivity index (χ2n) is 4.95. The summed E-state index contributed by atoms with van der Waals surface area (Å²) in [4.78, 5) is 2.39. The van der Waals surface area contributed by atoms with Gasteiger partial charge in [0.1, 0.15) is 5.75 Å². The second kappa shape index (κ2) is 6.06. The van der Waals surface area contributed by atoms with Crippen LogP contribution in [0.15, 0.2) is 12.1 Å². The first-order valence-corrected chi connectivity index (χ1v) is 6.54. The summed E-state index contributed by atoms with van der Waals surface area (Å²) in [5, 5.41) is 9.92. The molecule has 0 saturated heterocycles. The molecule has 0 atom stereocenters. The van der Waals surface area contributed by atoms with Gasteiger partial charge in [0.15, 0.2) is 0 Å². The predicted octanol–water partition coefficient (Wildman–Crippen LogP) is 3.67. The Balaban J connectivity index is 3.03. The molecule has 0 aliphatic rings. The Hall–Kier alpha value is -1.02. The molecule has 0 heterocycles. The average Bonchev–Trinajstić information content (AvgIpc) is 2.27. The molecule has 0 aliphatic heterocycles. The molecule has 1 aromatic carbocycles. The standard InChI is InChI=1S/C15H25NO/c1-6-16(7-2)10-13-9-14(11(3)4)15(17)8-12(13)5/h8-9,11,17H,6-7,10H2,1-5H3. The van der Waals surface area contributed by atoms with Gasteiger partial charge < -0.3 is 5.11 Å². The number of phenolic OH excluding ortho intramolecular Hbond substituents is 1. The van der Waals surface area contributed by atoms with Crippen molar-refractivity contribution in [1.82, 2.24) is 4.90 Å². The van der Waals surface area contributed by atoms with Gasteiger partial charge >= 0.3 is 0 Å². The van der Waals surface area contributed by atoms with E-state index in [0.717, 1.165) is 25.2 Å². The van der Waals surface area contributed by atoms with Crippen LogP contribution in [0.3, 0.4) is 0 Å². The summed E-state index contributed by atoms with van der Waals surface area (Å²) < 4.78 is 0. The molecule has 1 rings (SSSR count). The molecular weight excluding hydrogens is 210 g/mol. The molecule has 0 saturated carbocycles. The molecule has 0 aliphatic carbocycles. The minimum absolute atomic E-state index is 0.367. The highest BCUT2D eigenvalue weighted by atomic mass is 16.3. The number of aromatic hydroxyl groups is 1. The minimum atomic E-state index is 0.367. The topological polar surface area (TPSA) is 23.5 Å². The Kier molecular flexibility index (Phi) is 5.01. The van der Waals surface area contributed by atoms with E-state index in [0.29, 0.717) is 11.7 Å².